The highest BCUT2D eigenvalue weighted by atomic mass is 16.3. The summed E-state index contributed by atoms with van der Waals surface area (Å²) in [6.45, 7) is 1.46. The van der Waals surface area contributed by atoms with E-state index in [9.17, 15) is 10.2 Å². The molecule has 0 radical (unpaired) electrons. The molecular weight excluding hydrogens is 178 g/mol. The van der Waals surface area contributed by atoms with E-state index in [0.29, 0.717) is 13.1 Å². The predicted octanol–water partition coefficient (Wildman–Crippen LogP) is 0.654. The maximum Gasteiger partial charge on any atom is 0.0972 e. The average Bonchev–Trinajstić information content (AvgIpc) is 2.40. The Balaban J connectivity index is 2.13. The molecule has 2 fully saturated rings. The summed E-state index contributed by atoms with van der Waals surface area (Å²) in [5.74, 6) is 0. The molecular formula is C11H21NO2. The number of aliphatic hydroxyl groups excluding tert-OH is 1. The second-order valence-electron chi connectivity index (χ2n) is 4.99. The molecule has 2 rings (SSSR count). The minimum atomic E-state index is -0.633. The van der Waals surface area contributed by atoms with Crippen LogP contribution in [0.1, 0.15) is 38.5 Å². The van der Waals surface area contributed by atoms with Crippen LogP contribution in [-0.4, -0.2) is 35.5 Å². The fourth-order valence-corrected chi connectivity index (χ4v) is 2.91. The van der Waals surface area contributed by atoms with Gasteiger partial charge in [-0.3, -0.25) is 0 Å². The van der Waals surface area contributed by atoms with Gasteiger partial charge in [0.05, 0.1) is 12.2 Å². The maximum atomic E-state index is 10.4. The zero-order chi connectivity index (χ0) is 10.1. The quantitative estimate of drug-likeness (QED) is 0.572. The largest absolute Gasteiger partial charge is 0.396 e. The number of hydrogen-bond donors (Lipinski definition) is 3. The fourth-order valence-electron chi connectivity index (χ4n) is 2.91. The lowest BCUT2D eigenvalue weighted by molar-refractivity contribution is -0.147. The molecule has 0 aromatic rings. The van der Waals surface area contributed by atoms with Crippen LogP contribution >= 0.6 is 0 Å². The van der Waals surface area contributed by atoms with Crippen LogP contribution in [0.25, 0.3) is 0 Å². The first-order chi connectivity index (χ1) is 6.72. The highest BCUT2D eigenvalue weighted by Crippen LogP contribution is 2.45. The van der Waals surface area contributed by atoms with Crippen molar-refractivity contribution in [2.45, 2.75) is 44.1 Å². The molecule has 0 aromatic heterocycles. The van der Waals surface area contributed by atoms with Crippen molar-refractivity contribution in [3.63, 3.8) is 0 Å². The van der Waals surface area contributed by atoms with Gasteiger partial charge in [0.2, 0.25) is 0 Å². The lowest BCUT2D eigenvalue weighted by Crippen LogP contribution is -2.69. The van der Waals surface area contributed by atoms with Crippen LogP contribution in [0.5, 0.6) is 0 Å². The Labute approximate surface area is 85.5 Å². The first kappa shape index (κ1) is 10.4. The highest BCUT2D eigenvalue weighted by molar-refractivity contribution is 5.07. The molecule has 0 bridgehead atoms. The minimum absolute atomic E-state index is 0.144. The highest BCUT2D eigenvalue weighted by Gasteiger charge is 2.53. The second kappa shape index (κ2) is 3.80. The summed E-state index contributed by atoms with van der Waals surface area (Å²) in [7, 11) is 0. The van der Waals surface area contributed by atoms with Crippen molar-refractivity contribution in [3.8, 4) is 0 Å². The lowest BCUT2D eigenvalue weighted by Gasteiger charge is -2.52. The van der Waals surface area contributed by atoms with Crippen LogP contribution in [-0.2, 0) is 0 Å². The molecule has 1 saturated heterocycles. The molecule has 3 N–H and O–H groups in total. The van der Waals surface area contributed by atoms with Gasteiger partial charge in [0.25, 0.3) is 0 Å². The third-order valence-corrected chi connectivity index (χ3v) is 4.19. The van der Waals surface area contributed by atoms with Gasteiger partial charge in [0, 0.05) is 18.5 Å². The van der Waals surface area contributed by atoms with Crippen LogP contribution in [0, 0.1) is 5.41 Å². The number of nitrogens with one attached hydrogen (secondary N) is 1. The van der Waals surface area contributed by atoms with Gasteiger partial charge in [-0.05, 0) is 12.8 Å². The van der Waals surface area contributed by atoms with Crippen LogP contribution in [0.3, 0.4) is 0 Å². The molecule has 1 aliphatic heterocycles. The lowest BCUT2D eigenvalue weighted by atomic mass is 9.64. The van der Waals surface area contributed by atoms with Crippen LogP contribution < -0.4 is 5.32 Å². The van der Waals surface area contributed by atoms with E-state index < -0.39 is 5.60 Å². The molecule has 3 nitrogen and oxygen atoms in total. The monoisotopic (exact) mass is 199 g/mol. The molecule has 1 aliphatic carbocycles. The summed E-state index contributed by atoms with van der Waals surface area (Å²) in [4.78, 5) is 0. The van der Waals surface area contributed by atoms with E-state index in [4.69, 9.17) is 0 Å². The van der Waals surface area contributed by atoms with Gasteiger partial charge < -0.3 is 15.5 Å². The molecule has 14 heavy (non-hydrogen) atoms. The first-order valence-electron chi connectivity index (χ1n) is 5.76. The molecule has 0 amide bonds. The molecule has 3 heteroatoms. The Morgan fingerprint density at radius 3 is 1.93 bits per heavy atom. The van der Waals surface area contributed by atoms with Gasteiger partial charge in [0.1, 0.15) is 0 Å². The van der Waals surface area contributed by atoms with E-state index in [0.717, 1.165) is 25.7 Å². The summed E-state index contributed by atoms with van der Waals surface area (Å²) in [5.41, 5.74) is -0.846. The van der Waals surface area contributed by atoms with Gasteiger partial charge in [-0.2, -0.15) is 0 Å². The van der Waals surface area contributed by atoms with Gasteiger partial charge >= 0.3 is 0 Å². The van der Waals surface area contributed by atoms with Crippen LogP contribution in [0.2, 0.25) is 0 Å². The van der Waals surface area contributed by atoms with Gasteiger partial charge in [-0.25, -0.2) is 0 Å². The third kappa shape index (κ3) is 1.47. The standard InChI is InChI=1S/C11H21NO2/c13-9-10(11(14)7-12-8-11)5-3-1-2-4-6-10/h12-14H,1-9H2. The van der Waals surface area contributed by atoms with Crippen molar-refractivity contribution in [3.05, 3.63) is 0 Å². The molecule has 2 aliphatic rings. The summed E-state index contributed by atoms with van der Waals surface area (Å²) in [6, 6.07) is 0. The molecule has 0 aromatic carbocycles. The van der Waals surface area contributed by atoms with Crippen LogP contribution in [0.15, 0.2) is 0 Å². The molecule has 0 spiro atoms. The van der Waals surface area contributed by atoms with Gasteiger partial charge in [0.15, 0.2) is 0 Å². The van der Waals surface area contributed by atoms with Crippen molar-refractivity contribution < 1.29 is 10.2 Å². The topological polar surface area (TPSA) is 52.5 Å². The predicted molar refractivity (Wildman–Crippen MR) is 55.0 cm³/mol. The van der Waals surface area contributed by atoms with E-state index in [1.165, 1.54) is 12.8 Å². The summed E-state index contributed by atoms with van der Waals surface area (Å²) in [5, 5.41) is 23.1. The van der Waals surface area contributed by atoms with Gasteiger partial charge in [-0.1, -0.05) is 25.7 Å². The number of hydrogen-bond acceptors (Lipinski definition) is 3. The zero-order valence-electron chi connectivity index (χ0n) is 8.76. The minimum Gasteiger partial charge on any atom is -0.396 e. The van der Waals surface area contributed by atoms with Crippen molar-refractivity contribution in [1.82, 2.24) is 5.32 Å². The smallest absolute Gasteiger partial charge is 0.0972 e. The number of aliphatic hydroxyl groups is 2. The van der Waals surface area contributed by atoms with Crippen molar-refractivity contribution in [1.29, 1.82) is 0 Å². The summed E-state index contributed by atoms with van der Waals surface area (Å²) >= 11 is 0. The molecule has 82 valence electrons. The molecule has 1 saturated carbocycles. The Bertz CT molecular complexity index is 193. The van der Waals surface area contributed by atoms with Crippen LogP contribution in [0.4, 0.5) is 0 Å². The Morgan fingerprint density at radius 2 is 1.57 bits per heavy atom. The van der Waals surface area contributed by atoms with Gasteiger partial charge in [-0.15, -0.1) is 0 Å². The van der Waals surface area contributed by atoms with E-state index in [2.05, 4.69) is 5.32 Å². The molecule has 0 unspecified atom stereocenters. The second-order valence-corrected chi connectivity index (χ2v) is 4.99. The first-order valence-corrected chi connectivity index (χ1v) is 5.76. The van der Waals surface area contributed by atoms with Crippen molar-refractivity contribution >= 4 is 0 Å². The fraction of sp³-hybridized carbons (Fsp3) is 1.00. The van der Waals surface area contributed by atoms with E-state index >= 15 is 0 Å². The zero-order valence-corrected chi connectivity index (χ0v) is 8.76. The number of β-amino-alcohol motifs (C(OH)–C–C–N with tert-alkyl or cyclic N) is 1. The Morgan fingerprint density at radius 1 is 1.00 bits per heavy atom. The van der Waals surface area contributed by atoms with E-state index in [1.807, 2.05) is 0 Å². The van der Waals surface area contributed by atoms with E-state index in [1.54, 1.807) is 0 Å². The average molecular weight is 199 g/mol. The normalized spacial score (nSPS) is 30.4. The number of rotatable bonds is 2. The van der Waals surface area contributed by atoms with Crippen molar-refractivity contribution in [2.24, 2.45) is 5.41 Å². The molecule has 1 heterocycles. The van der Waals surface area contributed by atoms with Crippen molar-refractivity contribution in [2.75, 3.05) is 19.7 Å². The molecule has 0 atom stereocenters. The maximum absolute atomic E-state index is 10.4. The Kier molecular flexibility index (Phi) is 2.82. The summed E-state index contributed by atoms with van der Waals surface area (Å²) < 4.78 is 0. The SMILES string of the molecule is OCC1(C2(O)CNC2)CCCCCC1. The Hall–Kier alpha value is -0.120. The third-order valence-electron chi connectivity index (χ3n) is 4.19. The summed E-state index contributed by atoms with van der Waals surface area (Å²) in [6.07, 6.45) is 6.80. The van der Waals surface area contributed by atoms with E-state index in [-0.39, 0.29) is 12.0 Å².